The van der Waals surface area contributed by atoms with E-state index in [4.69, 9.17) is 4.74 Å². The summed E-state index contributed by atoms with van der Waals surface area (Å²) in [7, 11) is 0. The minimum Gasteiger partial charge on any atom is -0.506 e. The van der Waals surface area contributed by atoms with Gasteiger partial charge >= 0.3 is 0 Å². The Hall–Kier alpha value is -1.22. The molecule has 0 saturated carbocycles. The number of phenols is 1. The fraction of sp³-hybridized carbons (Fsp3) is 0.538. The molecule has 0 fully saturated rings. The zero-order valence-electron chi connectivity index (χ0n) is 10.3. The van der Waals surface area contributed by atoms with Gasteiger partial charge in [-0.1, -0.05) is 19.1 Å². The number of hydrogen-bond donors (Lipinski definition) is 1. The first kappa shape index (κ1) is 12.8. The first-order valence-corrected chi connectivity index (χ1v) is 5.90. The van der Waals surface area contributed by atoms with E-state index in [0.717, 1.165) is 18.7 Å². The van der Waals surface area contributed by atoms with Gasteiger partial charge in [0.2, 0.25) is 0 Å². The van der Waals surface area contributed by atoms with Gasteiger partial charge in [-0.15, -0.1) is 0 Å². The molecule has 3 nitrogen and oxygen atoms in total. The monoisotopic (exact) mass is 223 g/mol. The highest BCUT2D eigenvalue weighted by molar-refractivity contribution is 5.57. The van der Waals surface area contributed by atoms with Crippen molar-refractivity contribution in [2.75, 3.05) is 18.1 Å². The van der Waals surface area contributed by atoms with Crippen molar-refractivity contribution >= 4 is 5.69 Å². The van der Waals surface area contributed by atoms with Crippen molar-refractivity contribution in [3.63, 3.8) is 0 Å². The van der Waals surface area contributed by atoms with Crippen LogP contribution in [0.3, 0.4) is 0 Å². The van der Waals surface area contributed by atoms with Gasteiger partial charge in [-0.3, -0.25) is 0 Å². The second-order valence-electron chi connectivity index (χ2n) is 3.59. The molecule has 90 valence electrons. The fourth-order valence-corrected chi connectivity index (χ4v) is 1.86. The van der Waals surface area contributed by atoms with Gasteiger partial charge in [0.05, 0.1) is 5.69 Å². The molecule has 0 aromatic heterocycles. The number of anilines is 1. The standard InChI is InChI=1S/C13H21NO2/c1-4-13(16-6-3)14(5-2)11-9-7-8-10-12(11)15/h7-10,13,15H,4-6H2,1-3H3. The molecular formula is C13H21NO2. The van der Waals surface area contributed by atoms with Crippen molar-refractivity contribution in [3.8, 4) is 5.75 Å². The minimum atomic E-state index is 0.0308. The number of aromatic hydroxyl groups is 1. The van der Waals surface area contributed by atoms with Crippen LogP contribution in [-0.4, -0.2) is 24.5 Å². The lowest BCUT2D eigenvalue weighted by Crippen LogP contribution is -2.37. The maximum atomic E-state index is 9.83. The van der Waals surface area contributed by atoms with Gasteiger partial charge in [0, 0.05) is 13.2 Å². The van der Waals surface area contributed by atoms with Crippen LogP contribution in [0.2, 0.25) is 0 Å². The normalized spacial score (nSPS) is 12.4. The summed E-state index contributed by atoms with van der Waals surface area (Å²) in [5, 5.41) is 9.83. The molecule has 1 aromatic rings. The molecule has 1 N–H and O–H groups in total. The van der Waals surface area contributed by atoms with Gasteiger partial charge in [-0.2, -0.15) is 0 Å². The third-order valence-electron chi connectivity index (χ3n) is 2.59. The first-order valence-electron chi connectivity index (χ1n) is 5.90. The minimum absolute atomic E-state index is 0.0308. The molecule has 3 heteroatoms. The van der Waals surface area contributed by atoms with E-state index in [1.54, 1.807) is 6.07 Å². The SMILES string of the molecule is CCOC(CC)N(CC)c1ccccc1O. The Morgan fingerprint density at radius 2 is 1.94 bits per heavy atom. The van der Waals surface area contributed by atoms with Crippen LogP contribution in [0.4, 0.5) is 5.69 Å². The molecule has 0 amide bonds. The van der Waals surface area contributed by atoms with Gasteiger partial charge < -0.3 is 14.7 Å². The van der Waals surface area contributed by atoms with Gasteiger partial charge in [0.1, 0.15) is 12.0 Å². The highest BCUT2D eigenvalue weighted by Gasteiger charge is 2.17. The van der Waals surface area contributed by atoms with E-state index in [1.807, 2.05) is 25.1 Å². The highest BCUT2D eigenvalue weighted by atomic mass is 16.5. The second-order valence-corrected chi connectivity index (χ2v) is 3.59. The number of para-hydroxylation sites is 2. The van der Waals surface area contributed by atoms with Crippen molar-refractivity contribution in [2.45, 2.75) is 33.4 Å². The first-order chi connectivity index (χ1) is 7.74. The van der Waals surface area contributed by atoms with Crippen molar-refractivity contribution in [1.82, 2.24) is 0 Å². The van der Waals surface area contributed by atoms with Crippen LogP contribution < -0.4 is 4.90 Å². The summed E-state index contributed by atoms with van der Waals surface area (Å²) >= 11 is 0. The molecule has 0 aliphatic carbocycles. The zero-order valence-corrected chi connectivity index (χ0v) is 10.3. The van der Waals surface area contributed by atoms with Gasteiger partial charge in [0.15, 0.2) is 0 Å². The van der Waals surface area contributed by atoms with Crippen molar-refractivity contribution in [2.24, 2.45) is 0 Å². The van der Waals surface area contributed by atoms with Crippen LogP contribution in [0.25, 0.3) is 0 Å². The molecule has 1 rings (SSSR count). The molecule has 0 aliphatic rings. The lowest BCUT2D eigenvalue weighted by molar-refractivity contribution is 0.0579. The predicted molar refractivity (Wildman–Crippen MR) is 66.8 cm³/mol. The quantitative estimate of drug-likeness (QED) is 0.752. The Kier molecular flexibility index (Phi) is 5.12. The molecule has 0 saturated heterocycles. The summed E-state index contributed by atoms with van der Waals surface area (Å²) in [4.78, 5) is 2.08. The third kappa shape index (κ3) is 2.89. The number of ether oxygens (including phenoxy) is 1. The Balaban J connectivity index is 2.92. The maximum absolute atomic E-state index is 9.83. The van der Waals surface area contributed by atoms with E-state index in [9.17, 15) is 5.11 Å². The summed E-state index contributed by atoms with van der Waals surface area (Å²) in [6.07, 6.45) is 0.930. The van der Waals surface area contributed by atoms with Crippen molar-refractivity contribution < 1.29 is 9.84 Å². The molecule has 1 aromatic carbocycles. The molecular weight excluding hydrogens is 202 g/mol. The van der Waals surface area contributed by atoms with E-state index in [1.165, 1.54) is 0 Å². The molecule has 0 radical (unpaired) electrons. The number of phenolic OH excluding ortho intramolecular Hbond substituents is 1. The van der Waals surface area contributed by atoms with Crippen molar-refractivity contribution in [3.05, 3.63) is 24.3 Å². The lowest BCUT2D eigenvalue weighted by Gasteiger charge is -2.32. The maximum Gasteiger partial charge on any atom is 0.138 e. The van der Waals surface area contributed by atoms with Crippen LogP contribution in [-0.2, 0) is 4.74 Å². The van der Waals surface area contributed by atoms with Crippen LogP contribution in [0.5, 0.6) is 5.75 Å². The fourth-order valence-electron chi connectivity index (χ4n) is 1.86. The van der Waals surface area contributed by atoms with Gasteiger partial charge in [-0.05, 0) is 32.4 Å². The van der Waals surface area contributed by atoms with Crippen molar-refractivity contribution in [1.29, 1.82) is 0 Å². The van der Waals surface area contributed by atoms with E-state index >= 15 is 0 Å². The Bertz CT molecular complexity index is 315. The molecule has 0 bridgehead atoms. The third-order valence-corrected chi connectivity index (χ3v) is 2.59. The molecule has 0 aliphatic heterocycles. The number of nitrogens with zero attached hydrogens (tertiary/aromatic N) is 1. The van der Waals surface area contributed by atoms with E-state index in [-0.39, 0.29) is 6.23 Å². The van der Waals surface area contributed by atoms with Crippen LogP contribution in [0, 0.1) is 0 Å². The lowest BCUT2D eigenvalue weighted by atomic mass is 10.2. The molecule has 0 spiro atoms. The van der Waals surface area contributed by atoms with Gasteiger partial charge in [0.25, 0.3) is 0 Å². The molecule has 1 atom stereocenters. The average Bonchev–Trinajstić information content (AvgIpc) is 2.31. The second kappa shape index (κ2) is 6.38. The zero-order chi connectivity index (χ0) is 12.0. The van der Waals surface area contributed by atoms with E-state index in [2.05, 4.69) is 18.7 Å². The van der Waals surface area contributed by atoms with E-state index in [0.29, 0.717) is 12.4 Å². The van der Waals surface area contributed by atoms with Gasteiger partial charge in [-0.25, -0.2) is 0 Å². The summed E-state index contributed by atoms with van der Waals surface area (Å²) in [6.45, 7) is 7.64. The Morgan fingerprint density at radius 1 is 1.25 bits per heavy atom. The molecule has 1 unspecified atom stereocenters. The number of rotatable bonds is 6. The Morgan fingerprint density at radius 3 is 2.44 bits per heavy atom. The van der Waals surface area contributed by atoms with E-state index < -0.39 is 0 Å². The van der Waals surface area contributed by atoms with Crippen LogP contribution in [0.15, 0.2) is 24.3 Å². The predicted octanol–water partition coefficient (Wildman–Crippen LogP) is 2.99. The topological polar surface area (TPSA) is 32.7 Å². The number of benzene rings is 1. The molecule has 16 heavy (non-hydrogen) atoms. The summed E-state index contributed by atoms with van der Waals surface area (Å²) in [6, 6.07) is 7.38. The Labute approximate surface area is 97.7 Å². The number of hydrogen-bond acceptors (Lipinski definition) is 3. The smallest absolute Gasteiger partial charge is 0.138 e. The summed E-state index contributed by atoms with van der Waals surface area (Å²) in [5.74, 6) is 0.308. The summed E-state index contributed by atoms with van der Waals surface area (Å²) < 4.78 is 5.67. The van der Waals surface area contributed by atoms with Crippen LogP contribution >= 0.6 is 0 Å². The average molecular weight is 223 g/mol. The summed E-state index contributed by atoms with van der Waals surface area (Å²) in [5.41, 5.74) is 0.838. The van der Waals surface area contributed by atoms with Crippen LogP contribution in [0.1, 0.15) is 27.2 Å². The molecule has 0 heterocycles. The highest BCUT2D eigenvalue weighted by Crippen LogP contribution is 2.28. The largest absolute Gasteiger partial charge is 0.506 e.